The molecular formula is C24H33N3O3S. The van der Waals surface area contributed by atoms with Gasteiger partial charge in [0, 0.05) is 31.8 Å². The van der Waals surface area contributed by atoms with E-state index in [9.17, 15) is 9.59 Å². The number of thiazole rings is 1. The minimum absolute atomic E-state index is 0.00248. The first kappa shape index (κ1) is 23.3. The van der Waals surface area contributed by atoms with Crippen LogP contribution in [0.3, 0.4) is 0 Å². The molecule has 1 unspecified atom stereocenters. The number of benzene rings is 1. The van der Waals surface area contributed by atoms with Crippen molar-refractivity contribution in [2.45, 2.75) is 59.1 Å². The number of amides is 2. The number of piperidine rings is 1. The molecule has 2 amide bonds. The molecule has 7 heteroatoms. The second kappa shape index (κ2) is 9.81. The van der Waals surface area contributed by atoms with Gasteiger partial charge in [-0.15, -0.1) is 11.3 Å². The lowest BCUT2D eigenvalue weighted by Crippen LogP contribution is -2.47. The van der Waals surface area contributed by atoms with Crippen LogP contribution in [0.5, 0.6) is 0 Å². The Morgan fingerprint density at radius 3 is 2.74 bits per heavy atom. The fourth-order valence-corrected chi connectivity index (χ4v) is 4.59. The third-order valence-corrected chi connectivity index (χ3v) is 6.22. The van der Waals surface area contributed by atoms with Gasteiger partial charge in [-0.2, -0.15) is 0 Å². The number of aromatic nitrogens is 1. The van der Waals surface area contributed by atoms with E-state index in [0.29, 0.717) is 13.1 Å². The summed E-state index contributed by atoms with van der Waals surface area (Å²) in [6.07, 6.45) is 5.07. The van der Waals surface area contributed by atoms with Crippen LogP contribution in [0.2, 0.25) is 0 Å². The molecule has 2 heterocycles. The lowest BCUT2D eigenvalue weighted by Gasteiger charge is -2.37. The van der Waals surface area contributed by atoms with Crippen LogP contribution in [0.1, 0.15) is 52.5 Å². The molecule has 1 aromatic heterocycles. The number of likely N-dealkylation sites (tertiary alicyclic amines) is 1. The van der Waals surface area contributed by atoms with Gasteiger partial charge in [-0.25, -0.2) is 9.78 Å². The molecule has 0 radical (unpaired) electrons. The van der Waals surface area contributed by atoms with Gasteiger partial charge in [-0.1, -0.05) is 12.1 Å². The van der Waals surface area contributed by atoms with Gasteiger partial charge in [0.15, 0.2) is 0 Å². The maximum Gasteiger partial charge on any atom is 0.410 e. The summed E-state index contributed by atoms with van der Waals surface area (Å²) in [5.41, 5.74) is 0.429. The van der Waals surface area contributed by atoms with E-state index in [0.717, 1.165) is 34.6 Å². The molecule has 1 aliphatic heterocycles. The number of hydrogen-bond acceptors (Lipinski definition) is 5. The summed E-state index contributed by atoms with van der Waals surface area (Å²) in [4.78, 5) is 33.6. The van der Waals surface area contributed by atoms with Crippen LogP contribution in [-0.4, -0.2) is 58.1 Å². The van der Waals surface area contributed by atoms with Crippen molar-refractivity contribution in [2.24, 2.45) is 5.92 Å². The maximum absolute atomic E-state index is 12.8. The van der Waals surface area contributed by atoms with Crippen molar-refractivity contribution in [3.8, 4) is 0 Å². The first-order valence-electron chi connectivity index (χ1n) is 10.9. The van der Waals surface area contributed by atoms with E-state index in [2.05, 4.69) is 4.98 Å². The van der Waals surface area contributed by atoms with E-state index >= 15 is 0 Å². The number of carbonyl (C=O) groups excluding carboxylic acids is 2. The number of para-hydroxylation sites is 1. The van der Waals surface area contributed by atoms with E-state index in [1.807, 2.05) is 63.8 Å². The molecule has 1 aromatic carbocycles. The zero-order valence-corrected chi connectivity index (χ0v) is 19.9. The summed E-state index contributed by atoms with van der Waals surface area (Å²) in [5.74, 6) is 0.237. The number of fused-ring (bicyclic) bond motifs is 1. The van der Waals surface area contributed by atoms with Crippen molar-refractivity contribution in [1.29, 1.82) is 0 Å². The highest BCUT2D eigenvalue weighted by molar-refractivity contribution is 7.19. The van der Waals surface area contributed by atoms with Crippen molar-refractivity contribution in [2.75, 3.05) is 19.6 Å². The Balaban J connectivity index is 1.60. The molecular weight excluding hydrogens is 410 g/mol. The summed E-state index contributed by atoms with van der Waals surface area (Å²) in [5, 5.41) is 0.832. The van der Waals surface area contributed by atoms with Crippen molar-refractivity contribution in [1.82, 2.24) is 14.8 Å². The standard InChI is InChI=1S/C24H33N3O3S/c1-17(2)27(23(29)30-24(3,4)5)16-18-9-8-14-26(15-18)22(28)13-12-21-25-19-10-6-7-11-20(19)31-21/h6-7,10-13,17-18H,8-9,14-16H2,1-5H3/b13-12+. The first-order valence-corrected chi connectivity index (χ1v) is 11.8. The molecule has 0 bridgehead atoms. The first-order chi connectivity index (χ1) is 14.6. The fraction of sp³-hybridized carbons (Fsp3) is 0.542. The topological polar surface area (TPSA) is 62.7 Å². The Hall–Kier alpha value is -2.41. The Morgan fingerprint density at radius 2 is 2.06 bits per heavy atom. The monoisotopic (exact) mass is 443 g/mol. The largest absolute Gasteiger partial charge is 0.444 e. The van der Waals surface area contributed by atoms with Gasteiger partial charge < -0.3 is 14.5 Å². The number of hydrogen-bond donors (Lipinski definition) is 0. The molecule has 31 heavy (non-hydrogen) atoms. The van der Waals surface area contributed by atoms with E-state index in [1.165, 1.54) is 0 Å². The lowest BCUT2D eigenvalue weighted by atomic mass is 9.97. The Labute approximate surface area is 188 Å². The van der Waals surface area contributed by atoms with Crippen molar-refractivity contribution in [3.63, 3.8) is 0 Å². The highest BCUT2D eigenvalue weighted by Gasteiger charge is 2.29. The van der Waals surface area contributed by atoms with Gasteiger partial charge in [0.05, 0.1) is 10.2 Å². The van der Waals surface area contributed by atoms with Gasteiger partial charge in [0.2, 0.25) is 5.91 Å². The van der Waals surface area contributed by atoms with Gasteiger partial charge >= 0.3 is 6.09 Å². The normalized spacial score (nSPS) is 17.5. The fourth-order valence-electron chi connectivity index (χ4n) is 3.72. The predicted octanol–water partition coefficient (Wildman–Crippen LogP) is 5.19. The number of carbonyl (C=O) groups is 2. The summed E-state index contributed by atoms with van der Waals surface area (Å²) >= 11 is 1.58. The van der Waals surface area contributed by atoms with Gasteiger partial charge in [-0.3, -0.25) is 4.79 Å². The summed E-state index contributed by atoms with van der Waals surface area (Å²) in [7, 11) is 0. The predicted molar refractivity (Wildman–Crippen MR) is 126 cm³/mol. The number of rotatable bonds is 5. The summed E-state index contributed by atoms with van der Waals surface area (Å²) in [6, 6.07) is 8.01. The Kier molecular flexibility index (Phi) is 7.36. The molecule has 2 aromatic rings. The van der Waals surface area contributed by atoms with E-state index in [1.54, 1.807) is 28.4 Å². The highest BCUT2D eigenvalue weighted by atomic mass is 32.1. The molecule has 6 nitrogen and oxygen atoms in total. The SMILES string of the molecule is CC(C)N(CC1CCCN(C(=O)/C=C/c2nc3ccccc3s2)C1)C(=O)OC(C)(C)C. The van der Waals surface area contributed by atoms with Crippen LogP contribution in [0.25, 0.3) is 16.3 Å². The van der Waals surface area contributed by atoms with Crippen molar-refractivity contribution >= 4 is 39.6 Å². The van der Waals surface area contributed by atoms with Crippen LogP contribution in [-0.2, 0) is 9.53 Å². The second-order valence-corrected chi connectivity index (χ2v) is 10.4. The van der Waals surface area contributed by atoms with E-state index < -0.39 is 5.60 Å². The molecule has 3 rings (SSSR count). The Morgan fingerprint density at radius 1 is 1.32 bits per heavy atom. The third-order valence-electron chi connectivity index (χ3n) is 5.22. The number of nitrogens with zero attached hydrogens (tertiary/aromatic N) is 3. The molecule has 168 valence electrons. The van der Waals surface area contributed by atoms with Crippen LogP contribution in [0, 0.1) is 5.92 Å². The van der Waals surface area contributed by atoms with Gasteiger partial charge in [0.1, 0.15) is 10.6 Å². The molecule has 1 aliphatic rings. The van der Waals surface area contributed by atoms with Crippen molar-refractivity contribution in [3.05, 3.63) is 35.3 Å². The zero-order chi connectivity index (χ0) is 22.6. The average Bonchev–Trinajstić information content (AvgIpc) is 3.12. The average molecular weight is 444 g/mol. The van der Waals surface area contributed by atoms with Gasteiger partial charge in [0.25, 0.3) is 0 Å². The molecule has 0 spiro atoms. The van der Waals surface area contributed by atoms with Crippen molar-refractivity contribution < 1.29 is 14.3 Å². The van der Waals surface area contributed by atoms with E-state index in [-0.39, 0.29) is 24.0 Å². The number of ether oxygens (including phenoxy) is 1. The molecule has 1 atom stereocenters. The quantitative estimate of drug-likeness (QED) is 0.596. The smallest absolute Gasteiger partial charge is 0.410 e. The maximum atomic E-state index is 12.8. The zero-order valence-electron chi connectivity index (χ0n) is 19.1. The van der Waals surface area contributed by atoms with E-state index in [4.69, 9.17) is 4.74 Å². The molecule has 1 fully saturated rings. The molecule has 1 saturated heterocycles. The Bertz CT molecular complexity index is 912. The molecule has 0 N–H and O–H groups in total. The molecule has 0 saturated carbocycles. The molecule has 0 aliphatic carbocycles. The van der Waals surface area contributed by atoms with Crippen LogP contribution in [0.15, 0.2) is 30.3 Å². The highest BCUT2D eigenvalue weighted by Crippen LogP contribution is 2.24. The van der Waals surface area contributed by atoms with Gasteiger partial charge in [-0.05, 0) is 71.6 Å². The third kappa shape index (κ3) is 6.53. The van der Waals surface area contributed by atoms with Crippen LogP contribution < -0.4 is 0 Å². The van der Waals surface area contributed by atoms with Crippen LogP contribution in [0.4, 0.5) is 4.79 Å². The summed E-state index contributed by atoms with van der Waals surface area (Å²) in [6.45, 7) is 11.6. The second-order valence-electron chi connectivity index (χ2n) is 9.37. The lowest BCUT2D eigenvalue weighted by molar-refractivity contribution is -0.127. The minimum atomic E-state index is -0.524. The summed E-state index contributed by atoms with van der Waals surface area (Å²) < 4.78 is 6.69. The minimum Gasteiger partial charge on any atom is -0.444 e. The van der Waals surface area contributed by atoms with Crippen LogP contribution >= 0.6 is 11.3 Å².